The van der Waals surface area contributed by atoms with Gasteiger partial charge < -0.3 is 15.0 Å². The number of imidazole rings is 1. The van der Waals surface area contributed by atoms with Gasteiger partial charge in [0, 0.05) is 23.9 Å². The number of para-hydroxylation sites is 2. The van der Waals surface area contributed by atoms with E-state index in [-0.39, 0.29) is 12.3 Å². The first-order chi connectivity index (χ1) is 12.7. The number of anilines is 1. The fourth-order valence-electron chi connectivity index (χ4n) is 2.76. The minimum Gasteiger partial charge on any atom is -0.481 e. The zero-order chi connectivity index (χ0) is 18.1. The summed E-state index contributed by atoms with van der Waals surface area (Å²) in [7, 11) is 1.53. The van der Waals surface area contributed by atoms with Crippen molar-refractivity contribution in [1.29, 1.82) is 0 Å². The third-order valence-corrected chi connectivity index (χ3v) is 4.07. The fourth-order valence-corrected chi connectivity index (χ4v) is 2.76. The summed E-state index contributed by atoms with van der Waals surface area (Å²) in [4.78, 5) is 21.4. The van der Waals surface area contributed by atoms with E-state index < -0.39 is 0 Å². The Kier molecular flexibility index (Phi) is 3.85. The summed E-state index contributed by atoms with van der Waals surface area (Å²) in [6.45, 7) is 0.0865. The van der Waals surface area contributed by atoms with E-state index in [9.17, 15) is 4.79 Å². The molecule has 0 aliphatic heterocycles. The zero-order valence-corrected chi connectivity index (χ0v) is 14.0. The third-order valence-electron chi connectivity index (χ3n) is 4.07. The van der Waals surface area contributed by atoms with Gasteiger partial charge in [-0.15, -0.1) is 0 Å². The molecule has 3 heterocycles. The van der Waals surface area contributed by atoms with Gasteiger partial charge >= 0.3 is 0 Å². The molecule has 26 heavy (non-hydrogen) atoms. The van der Waals surface area contributed by atoms with Gasteiger partial charge in [0.05, 0.1) is 30.9 Å². The first kappa shape index (κ1) is 15.8. The molecule has 4 rings (SSSR count). The molecule has 8 heteroatoms. The minimum atomic E-state index is -0.102. The molecule has 8 nitrogen and oxygen atoms in total. The summed E-state index contributed by atoms with van der Waals surface area (Å²) in [5.41, 5.74) is 8.05. The van der Waals surface area contributed by atoms with Crippen LogP contribution >= 0.6 is 0 Å². The molecular weight excluding hydrogens is 332 g/mol. The number of hydrogen-bond acceptors (Lipinski definition) is 6. The van der Waals surface area contributed by atoms with Gasteiger partial charge in [0.15, 0.2) is 5.78 Å². The van der Waals surface area contributed by atoms with Crippen LogP contribution < -0.4 is 10.5 Å². The van der Waals surface area contributed by atoms with Crippen molar-refractivity contribution in [2.75, 3.05) is 12.8 Å². The van der Waals surface area contributed by atoms with Gasteiger partial charge in [0.25, 0.3) is 0 Å². The Hall–Kier alpha value is -3.68. The lowest BCUT2D eigenvalue weighted by atomic mass is 10.2. The monoisotopic (exact) mass is 348 g/mol. The SMILES string of the molecule is COc1ccc(C(=O)Cn2c(-n3nccc3N)nc3ccccc32)cn1. The summed E-state index contributed by atoms with van der Waals surface area (Å²) in [6, 6.07) is 12.6. The van der Waals surface area contributed by atoms with Crippen molar-refractivity contribution in [2.24, 2.45) is 0 Å². The minimum absolute atomic E-state index is 0.0865. The van der Waals surface area contributed by atoms with Crippen molar-refractivity contribution in [3.05, 3.63) is 60.4 Å². The molecule has 0 saturated carbocycles. The quantitative estimate of drug-likeness (QED) is 0.554. The maximum atomic E-state index is 12.8. The number of nitrogens with two attached hydrogens (primary N) is 1. The van der Waals surface area contributed by atoms with Gasteiger partial charge in [-0.25, -0.2) is 9.97 Å². The van der Waals surface area contributed by atoms with E-state index in [2.05, 4.69) is 15.1 Å². The van der Waals surface area contributed by atoms with Crippen LogP contribution in [0.5, 0.6) is 5.88 Å². The first-order valence-electron chi connectivity index (χ1n) is 7.96. The number of nitrogens with zero attached hydrogens (tertiary/aromatic N) is 5. The van der Waals surface area contributed by atoms with Crippen LogP contribution in [0.4, 0.5) is 5.82 Å². The van der Waals surface area contributed by atoms with E-state index in [0.717, 1.165) is 11.0 Å². The van der Waals surface area contributed by atoms with E-state index in [1.165, 1.54) is 18.0 Å². The number of hydrogen-bond donors (Lipinski definition) is 1. The summed E-state index contributed by atoms with van der Waals surface area (Å²) in [5, 5.41) is 4.21. The van der Waals surface area contributed by atoms with E-state index in [0.29, 0.717) is 23.2 Å². The number of benzene rings is 1. The largest absolute Gasteiger partial charge is 0.481 e. The number of Topliss-reactive ketones (excluding diaryl/α,β-unsaturated/α-hetero) is 1. The van der Waals surface area contributed by atoms with Crippen LogP contribution in [0.2, 0.25) is 0 Å². The molecule has 0 bridgehead atoms. The van der Waals surface area contributed by atoms with Crippen molar-refractivity contribution in [2.45, 2.75) is 6.54 Å². The van der Waals surface area contributed by atoms with Gasteiger partial charge in [0.2, 0.25) is 11.8 Å². The molecule has 3 aromatic heterocycles. The highest BCUT2D eigenvalue weighted by Gasteiger charge is 2.18. The average Bonchev–Trinajstić information content (AvgIpc) is 3.25. The fraction of sp³-hybridized carbons (Fsp3) is 0.111. The summed E-state index contributed by atoms with van der Waals surface area (Å²) in [6.07, 6.45) is 3.09. The molecule has 0 aliphatic carbocycles. The van der Waals surface area contributed by atoms with Crippen LogP contribution in [0, 0.1) is 0 Å². The molecule has 130 valence electrons. The Balaban J connectivity index is 1.77. The van der Waals surface area contributed by atoms with Gasteiger partial charge in [-0.3, -0.25) is 4.79 Å². The Morgan fingerprint density at radius 3 is 2.73 bits per heavy atom. The van der Waals surface area contributed by atoms with Crippen molar-refractivity contribution in [3.8, 4) is 11.8 Å². The van der Waals surface area contributed by atoms with Crippen molar-refractivity contribution < 1.29 is 9.53 Å². The van der Waals surface area contributed by atoms with E-state index in [1.54, 1.807) is 29.0 Å². The highest BCUT2D eigenvalue weighted by atomic mass is 16.5. The molecule has 0 aliphatic rings. The van der Waals surface area contributed by atoms with E-state index >= 15 is 0 Å². The topological polar surface area (TPSA) is 101 Å². The molecule has 0 radical (unpaired) electrons. The van der Waals surface area contributed by atoms with Gasteiger partial charge in [-0.1, -0.05) is 12.1 Å². The second kappa shape index (κ2) is 6.32. The highest BCUT2D eigenvalue weighted by molar-refractivity contribution is 5.96. The molecule has 0 saturated heterocycles. The van der Waals surface area contributed by atoms with Gasteiger partial charge in [-0.05, 0) is 18.2 Å². The van der Waals surface area contributed by atoms with Crippen molar-refractivity contribution >= 4 is 22.6 Å². The predicted molar refractivity (Wildman–Crippen MR) is 96.4 cm³/mol. The van der Waals surface area contributed by atoms with Crippen molar-refractivity contribution in [1.82, 2.24) is 24.3 Å². The third kappa shape index (κ3) is 2.67. The molecular formula is C18H16N6O2. The molecule has 0 fully saturated rings. The molecule has 0 amide bonds. The summed E-state index contributed by atoms with van der Waals surface area (Å²) >= 11 is 0. The Bertz CT molecular complexity index is 1080. The Morgan fingerprint density at radius 2 is 2.04 bits per heavy atom. The number of carbonyl (C=O) groups excluding carboxylic acids is 1. The van der Waals surface area contributed by atoms with Crippen LogP contribution in [-0.2, 0) is 6.54 Å². The van der Waals surface area contributed by atoms with Crippen molar-refractivity contribution in [3.63, 3.8) is 0 Å². The number of nitrogen functional groups attached to an aromatic ring is 1. The number of methoxy groups -OCH3 is 1. The smallest absolute Gasteiger partial charge is 0.234 e. The molecule has 0 atom stereocenters. The maximum Gasteiger partial charge on any atom is 0.234 e. The van der Waals surface area contributed by atoms with E-state index in [1.807, 2.05) is 24.3 Å². The highest BCUT2D eigenvalue weighted by Crippen LogP contribution is 2.21. The number of rotatable bonds is 5. The van der Waals surface area contributed by atoms with Crippen LogP contribution in [-0.4, -0.2) is 37.2 Å². The standard InChI is InChI=1S/C18H16N6O2/c1-26-17-7-6-12(10-20-17)15(25)11-23-14-5-3-2-4-13(14)22-18(23)24-16(19)8-9-21-24/h2-10H,11,19H2,1H3. The molecule has 0 unspecified atom stereocenters. The summed E-state index contributed by atoms with van der Waals surface area (Å²) in [5.74, 6) is 1.29. The molecule has 4 aromatic rings. The van der Waals surface area contributed by atoms with Crippen LogP contribution in [0.15, 0.2) is 54.9 Å². The lowest BCUT2D eigenvalue weighted by molar-refractivity contribution is 0.0972. The van der Waals surface area contributed by atoms with Crippen LogP contribution in [0.3, 0.4) is 0 Å². The lowest BCUT2D eigenvalue weighted by Gasteiger charge is -2.09. The number of ether oxygens (including phenoxy) is 1. The number of aromatic nitrogens is 5. The zero-order valence-electron chi connectivity index (χ0n) is 14.0. The molecule has 0 spiro atoms. The second-order valence-electron chi connectivity index (χ2n) is 5.67. The number of ketones is 1. The first-order valence-corrected chi connectivity index (χ1v) is 7.96. The number of carbonyl (C=O) groups is 1. The lowest BCUT2D eigenvalue weighted by Crippen LogP contribution is -2.16. The molecule has 1 aromatic carbocycles. The maximum absolute atomic E-state index is 12.8. The molecule has 2 N–H and O–H groups in total. The second-order valence-corrected chi connectivity index (χ2v) is 5.67. The summed E-state index contributed by atoms with van der Waals surface area (Å²) < 4.78 is 8.34. The normalized spacial score (nSPS) is 11.0. The number of pyridine rings is 1. The van der Waals surface area contributed by atoms with Gasteiger partial charge in [0.1, 0.15) is 5.82 Å². The van der Waals surface area contributed by atoms with Gasteiger partial charge in [-0.2, -0.15) is 9.78 Å². The van der Waals surface area contributed by atoms with E-state index in [4.69, 9.17) is 10.5 Å². The predicted octanol–water partition coefficient (Wildman–Crippen LogP) is 2.09. The number of fused-ring (bicyclic) bond motifs is 1. The Labute approximate surface area is 148 Å². The Morgan fingerprint density at radius 1 is 1.19 bits per heavy atom. The van der Waals surface area contributed by atoms with Crippen LogP contribution in [0.25, 0.3) is 17.0 Å². The average molecular weight is 348 g/mol. The van der Waals surface area contributed by atoms with Crippen LogP contribution in [0.1, 0.15) is 10.4 Å².